The monoisotopic (exact) mass is 296 g/mol. The Hall–Kier alpha value is -1.07. The van der Waals surface area contributed by atoms with Crippen molar-refractivity contribution >= 4 is 15.7 Å². The van der Waals surface area contributed by atoms with E-state index in [0.29, 0.717) is 29.6 Å². The Bertz CT molecular complexity index is 541. The number of piperidine rings is 1. The Labute approximate surface area is 122 Å². The number of nitrogen functional groups attached to an aromatic ring is 1. The molecule has 2 rings (SSSR count). The quantitative estimate of drug-likeness (QED) is 0.869. The molecule has 0 aliphatic carbocycles. The number of rotatable bonds is 4. The van der Waals surface area contributed by atoms with Crippen molar-refractivity contribution in [3.8, 4) is 0 Å². The summed E-state index contributed by atoms with van der Waals surface area (Å²) < 4.78 is 26.9. The number of hydrogen-bond donors (Lipinski definition) is 1. The smallest absolute Gasteiger partial charge is 0.243 e. The van der Waals surface area contributed by atoms with E-state index in [9.17, 15) is 8.42 Å². The van der Waals surface area contributed by atoms with Crippen LogP contribution in [0.1, 0.15) is 38.2 Å². The Morgan fingerprint density at radius 2 is 1.90 bits per heavy atom. The van der Waals surface area contributed by atoms with Gasteiger partial charge in [0.05, 0.1) is 4.90 Å². The molecule has 20 heavy (non-hydrogen) atoms. The van der Waals surface area contributed by atoms with E-state index in [0.717, 1.165) is 18.4 Å². The number of nitrogens with zero attached hydrogens (tertiary/aromatic N) is 1. The summed E-state index contributed by atoms with van der Waals surface area (Å²) in [5, 5.41) is 0. The van der Waals surface area contributed by atoms with Crippen LogP contribution in [0.5, 0.6) is 0 Å². The molecule has 0 unspecified atom stereocenters. The van der Waals surface area contributed by atoms with E-state index >= 15 is 0 Å². The van der Waals surface area contributed by atoms with Gasteiger partial charge in [0.2, 0.25) is 10.0 Å². The van der Waals surface area contributed by atoms with Crippen LogP contribution >= 0.6 is 0 Å². The maximum absolute atomic E-state index is 12.6. The molecule has 0 saturated carbocycles. The minimum Gasteiger partial charge on any atom is -0.399 e. The molecule has 4 nitrogen and oxygen atoms in total. The first kappa shape index (κ1) is 15.3. The molecular weight excluding hydrogens is 272 g/mol. The third kappa shape index (κ3) is 3.33. The lowest BCUT2D eigenvalue weighted by Crippen LogP contribution is -2.38. The first-order chi connectivity index (χ1) is 9.43. The molecule has 0 amide bonds. The molecule has 1 heterocycles. The average molecular weight is 296 g/mol. The summed E-state index contributed by atoms with van der Waals surface area (Å²) in [7, 11) is -3.39. The van der Waals surface area contributed by atoms with E-state index in [-0.39, 0.29) is 0 Å². The topological polar surface area (TPSA) is 63.4 Å². The maximum atomic E-state index is 12.6. The Morgan fingerprint density at radius 1 is 1.25 bits per heavy atom. The highest BCUT2D eigenvalue weighted by Crippen LogP contribution is 2.27. The fraction of sp³-hybridized carbons (Fsp3) is 0.600. The number of sulfonamides is 1. The molecule has 1 fully saturated rings. The van der Waals surface area contributed by atoms with Crippen LogP contribution in [0.3, 0.4) is 0 Å². The number of anilines is 1. The van der Waals surface area contributed by atoms with Crippen molar-refractivity contribution in [1.29, 1.82) is 0 Å². The van der Waals surface area contributed by atoms with Gasteiger partial charge in [-0.3, -0.25) is 0 Å². The van der Waals surface area contributed by atoms with Crippen molar-refractivity contribution in [1.82, 2.24) is 4.31 Å². The molecule has 0 spiro atoms. The Morgan fingerprint density at radius 3 is 2.45 bits per heavy atom. The second-order valence-electron chi connectivity index (χ2n) is 5.72. The van der Waals surface area contributed by atoms with Gasteiger partial charge in [0, 0.05) is 18.8 Å². The highest BCUT2D eigenvalue weighted by Gasteiger charge is 2.29. The largest absolute Gasteiger partial charge is 0.399 e. The van der Waals surface area contributed by atoms with Gasteiger partial charge in [-0.2, -0.15) is 4.31 Å². The van der Waals surface area contributed by atoms with Crippen LogP contribution in [0.15, 0.2) is 23.1 Å². The predicted molar refractivity (Wildman–Crippen MR) is 82.0 cm³/mol. The lowest BCUT2D eigenvalue weighted by molar-refractivity contribution is 0.262. The lowest BCUT2D eigenvalue weighted by Gasteiger charge is -2.31. The van der Waals surface area contributed by atoms with Gasteiger partial charge in [-0.25, -0.2) is 8.42 Å². The van der Waals surface area contributed by atoms with Crippen LogP contribution in [0.25, 0.3) is 0 Å². The summed E-state index contributed by atoms with van der Waals surface area (Å²) in [5.74, 6) is 0.675. The molecule has 0 atom stereocenters. The van der Waals surface area contributed by atoms with Crippen LogP contribution < -0.4 is 5.73 Å². The first-order valence-electron chi connectivity index (χ1n) is 7.31. The molecule has 0 bridgehead atoms. The second-order valence-corrected chi connectivity index (χ2v) is 7.65. The average Bonchev–Trinajstić information content (AvgIpc) is 2.38. The molecule has 1 aliphatic rings. The van der Waals surface area contributed by atoms with Gasteiger partial charge in [0.15, 0.2) is 0 Å². The maximum Gasteiger partial charge on any atom is 0.243 e. The lowest BCUT2D eigenvalue weighted by atomic mass is 9.94. The normalized spacial score (nSPS) is 18.3. The Balaban J connectivity index is 2.15. The van der Waals surface area contributed by atoms with E-state index in [2.05, 4.69) is 6.92 Å². The fourth-order valence-electron chi connectivity index (χ4n) is 2.92. The van der Waals surface area contributed by atoms with Crippen LogP contribution in [-0.2, 0) is 10.0 Å². The van der Waals surface area contributed by atoms with Crippen molar-refractivity contribution < 1.29 is 8.42 Å². The predicted octanol–water partition coefficient (Wildman–Crippen LogP) is 2.78. The number of benzene rings is 1. The van der Waals surface area contributed by atoms with Gasteiger partial charge in [0.25, 0.3) is 0 Å². The molecule has 5 heteroatoms. The summed E-state index contributed by atoms with van der Waals surface area (Å²) in [6.45, 7) is 5.29. The summed E-state index contributed by atoms with van der Waals surface area (Å²) in [6.07, 6.45) is 4.31. The summed E-state index contributed by atoms with van der Waals surface area (Å²) >= 11 is 0. The van der Waals surface area contributed by atoms with Crippen LogP contribution in [0.2, 0.25) is 0 Å². The van der Waals surface area contributed by atoms with Crippen molar-refractivity contribution in [2.24, 2.45) is 5.92 Å². The van der Waals surface area contributed by atoms with Crippen LogP contribution in [-0.4, -0.2) is 25.8 Å². The van der Waals surface area contributed by atoms with Crippen LogP contribution in [0, 0.1) is 12.8 Å². The van der Waals surface area contributed by atoms with E-state index in [1.807, 2.05) is 6.92 Å². The highest BCUT2D eigenvalue weighted by atomic mass is 32.2. The summed E-state index contributed by atoms with van der Waals surface area (Å²) in [5.41, 5.74) is 7.15. The van der Waals surface area contributed by atoms with Gasteiger partial charge in [-0.15, -0.1) is 0 Å². The summed E-state index contributed by atoms with van der Waals surface area (Å²) in [4.78, 5) is 0.323. The SMILES string of the molecule is CCCC1CCN(S(=O)(=O)c2cc(C)cc(N)c2)CC1. The number of nitrogens with two attached hydrogens (primary N) is 1. The fourth-order valence-corrected chi connectivity index (χ4v) is 4.53. The molecule has 0 aromatic heterocycles. The first-order valence-corrected chi connectivity index (χ1v) is 8.75. The second kappa shape index (κ2) is 6.14. The number of hydrogen-bond acceptors (Lipinski definition) is 3. The zero-order valence-electron chi connectivity index (χ0n) is 12.3. The Kier molecular flexibility index (Phi) is 4.70. The van der Waals surface area contributed by atoms with E-state index < -0.39 is 10.0 Å². The van der Waals surface area contributed by atoms with E-state index in [4.69, 9.17) is 5.73 Å². The molecule has 0 radical (unpaired) electrons. The number of aryl methyl sites for hydroxylation is 1. The van der Waals surface area contributed by atoms with E-state index in [1.54, 1.807) is 22.5 Å². The minimum atomic E-state index is -3.39. The third-order valence-corrected chi connectivity index (χ3v) is 5.86. The molecule has 112 valence electrons. The zero-order chi connectivity index (χ0) is 14.8. The molecule has 1 aromatic carbocycles. The molecule has 1 aromatic rings. The molecule has 1 saturated heterocycles. The summed E-state index contributed by atoms with van der Waals surface area (Å²) in [6, 6.07) is 5.04. The van der Waals surface area contributed by atoms with Crippen molar-refractivity contribution in [3.05, 3.63) is 23.8 Å². The van der Waals surface area contributed by atoms with Gasteiger partial charge < -0.3 is 5.73 Å². The van der Waals surface area contributed by atoms with E-state index in [1.165, 1.54) is 12.8 Å². The molecule has 2 N–H and O–H groups in total. The van der Waals surface area contributed by atoms with Crippen LogP contribution in [0.4, 0.5) is 5.69 Å². The van der Waals surface area contributed by atoms with Gasteiger partial charge >= 0.3 is 0 Å². The van der Waals surface area contributed by atoms with Crippen molar-refractivity contribution in [2.45, 2.75) is 44.4 Å². The van der Waals surface area contributed by atoms with Gasteiger partial charge in [-0.1, -0.05) is 19.8 Å². The zero-order valence-corrected chi connectivity index (χ0v) is 13.1. The van der Waals surface area contributed by atoms with Crippen molar-refractivity contribution in [3.63, 3.8) is 0 Å². The van der Waals surface area contributed by atoms with Gasteiger partial charge in [0.1, 0.15) is 0 Å². The standard InChI is InChI=1S/C15H24N2O2S/c1-3-4-13-5-7-17(8-6-13)20(18,19)15-10-12(2)9-14(16)11-15/h9-11,13H,3-8,16H2,1-2H3. The third-order valence-electron chi connectivity index (χ3n) is 3.98. The molecular formula is C15H24N2O2S. The van der Waals surface area contributed by atoms with Gasteiger partial charge in [-0.05, 0) is 49.4 Å². The highest BCUT2D eigenvalue weighted by molar-refractivity contribution is 7.89. The van der Waals surface area contributed by atoms with Crippen molar-refractivity contribution in [2.75, 3.05) is 18.8 Å². The molecule has 1 aliphatic heterocycles. The minimum absolute atomic E-state index is 0.323.